The molecule has 0 aromatic heterocycles. The monoisotopic (exact) mass is 233 g/mol. The fourth-order valence-corrected chi connectivity index (χ4v) is 1.47. The van der Waals surface area contributed by atoms with E-state index in [0.717, 1.165) is 0 Å². The Kier molecular flexibility index (Phi) is 4.17. The number of phenolic OH excluding ortho intramolecular Hbond substituents is 1. The maximum Gasteiger partial charge on any atom is 0.176 e. The number of alkyl halides is 1. The number of benzene rings is 1. The number of phenols is 1. The maximum atomic E-state index is 12.1. The Balaban J connectivity index is 3.05. The Bertz CT molecular complexity index is 346. The van der Waals surface area contributed by atoms with Gasteiger partial charge in [0, 0.05) is 6.04 Å². The van der Waals surface area contributed by atoms with Gasteiger partial charge in [-0.05, 0) is 24.1 Å². The lowest BCUT2D eigenvalue weighted by Crippen LogP contribution is -2.11. The van der Waals surface area contributed by atoms with E-state index < -0.39 is 12.7 Å². The summed E-state index contributed by atoms with van der Waals surface area (Å²) in [5.74, 6) is 0.113. The van der Waals surface area contributed by atoms with Crippen LogP contribution in [-0.4, -0.2) is 18.9 Å². The first-order chi connectivity index (χ1) is 7.10. The molecule has 0 unspecified atom stereocenters. The second-order valence-electron chi connectivity index (χ2n) is 3.14. The maximum absolute atomic E-state index is 12.1. The van der Waals surface area contributed by atoms with E-state index in [2.05, 4.69) is 0 Å². The molecule has 3 N–H and O–H groups in total. The van der Waals surface area contributed by atoms with E-state index in [1.807, 2.05) is 0 Å². The summed E-state index contributed by atoms with van der Waals surface area (Å²) in [6, 6.07) is 2.63. The number of hydrogen-bond donors (Lipinski definition) is 2. The van der Waals surface area contributed by atoms with Gasteiger partial charge in [0.25, 0.3) is 0 Å². The molecule has 1 rings (SSSR count). The Morgan fingerprint density at radius 3 is 2.80 bits per heavy atom. The second kappa shape index (κ2) is 5.19. The van der Waals surface area contributed by atoms with Crippen molar-refractivity contribution in [2.45, 2.75) is 12.5 Å². The van der Waals surface area contributed by atoms with Crippen molar-refractivity contribution in [2.75, 3.05) is 13.8 Å². The van der Waals surface area contributed by atoms with E-state index in [4.69, 9.17) is 22.1 Å². The lowest BCUT2D eigenvalue weighted by molar-refractivity contribution is 0.372. The van der Waals surface area contributed by atoms with Crippen molar-refractivity contribution in [1.82, 2.24) is 0 Å². The number of methoxy groups -OCH3 is 1. The van der Waals surface area contributed by atoms with Gasteiger partial charge in [-0.25, -0.2) is 0 Å². The molecule has 15 heavy (non-hydrogen) atoms. The highest BCUT2D eigenvalue weighted by molar-refractivity contribution is 6.32. The molecule has 84 valence electrons. The summed E-state index contributed by atoms with van der Waals surface area (Å²) in [6.07, 6.45) is 0.213. The Morgan fingerprint density at radius 1 is 1.60 bits per heavy atom. The molecular weight excluding hydrogens is 221 g/mol. The van der Waals surface area contributed by atoms with E-state index in [9.17, 15) is 9.50 Å². The van der Waals surface area contributed by atoms with Crippen molar-refractivity contribution in [3.63, 3.8) is 0 Å². The average molecular weight is 234 g/mol. The molecule has 0 amide bonds. The van der Waals surface area contributed by atoms with Gasteiger partial charge >= 0.3 is 0 Å². The highest BCUT2D eigenvalue weighted by Gasteiger charge is 2.13. The van der Waals surface area contributed by atoms with Crippen molar-refractivity contribution in [1.29, 1.82) is 0 Å². The minimum atomic E-state index is -0.498. The lowest BCUT2D eigenvalue weighted by Gasteiger charge is -2.13. The minimum absolute atomic E-state index is 0.129. The van der Waals surface area contributed by atoms with Crippen LogP contribution in [-0.2, 0) is 0 Å². The summed E-state index contributed by atoms with van der Waals surface area (Å²) < 4.78 is 17.0. The topological polar surface area (TPSA) is 55.5 Å². The molecule has 0 heterocycles. The summed E-state index contributed by atoms with van der Waals surface area (Å²) >= 11 is 5.76. The van der Waals surface area contributed by atoms with Gasteiger partial charge in [0.1, 0.15) is 0 Å². The van der Waals surface area contributed by atoms with E-state index in [0.29, 0.717) is 5.56 Å². The van der Waals surface area contributed by atoms with E-state index >= 15 is 0 Å². The van der Waals surface area contributed by atoms with Crippen molar-refractivity contribution < 1.29 is 14.2 Å². The SMILES string of the molecule is COc1cc([C@H](N)CCF)cc(Cl)c1O. The van der Waals surface area contributed by atoms with Crippen LogP contribution in [0.2, 0.25) is 5.02 Å². The zero-order valence-electron chi connectivity index (χ0n) is 8.34. The minimum Gasteiger partial charge on any atom is -0.503 e. The summed E-state index contributed by atoms with van der Waals surface area (Å²) in [5.41, 5.74) is 6.36. The Hall–Kier alpha value is -1.00. The normalized spacial score (nSPS) is 12.5. The smallest absolute Gasteiger partial charge is 0.176 e. The quantitative estimate of drug-likeness (QED) is 0.840. The van der Waals surface area contributed by atoms with Gasteiger partial charge in [-0.1, -0.05) is 11.6 Å². The van der Waals surface area contributed by atoms with Crippen LogP contribution in [0.3, 0.4) is 0 Å². The van der Waals surface area contributed by atoms with Gasteiger partial charge in [0.15, 0.2) is 11.5 Å². The predicted molar refractivity (Wildman–Crippen MR) is 57.2 cm³/mol. The fourth-order valence-electron chi connectivity index (χ4n) is 1.25. The van der Waals surface area contributed by atoms with Gasteiger partial charge < -0.3 is 15.6 Å². The first-order valence-corrected chi connectivity index (χ1v) is 4.86. The van der Waals surface area contributed by atoms with Gasteiger partial charge in [-0.15, -0.1) is 0 Å². The number of hydrogen-bond acceptors (Lipinski definition) is 3. The van der Waals surface area contributed by atoms with E-state index in [1.165, 1.54) is 13.2 Å². The number of ether oxygens (including phenoxy) is 1. The Morgan fingerprint density at radius 2 is 2.27 bits per heavy atom. The van der Waals surface area contributed by atoms with Crippen LogP contribution in [0.5, 0.6) is 11.5 Å². The number of nitrogens with two attached hydrogens (primary N) is 1. The molecule has 1 aromatic carbocycles. The first-order valence-electron chi connectivity index (χ1n) is 4.48. The molecular formula is C10H13ClFNO2. The molecule has 5 heteroatoms. The number of aromatic hydroxyl groups is 1. The predicted octanol–water partition coefficient (Wildman–Crippen LogP) is 2.41. The van der Waals surface area contributed by atoms with Crippen molar-refractivity contribution in [2.24, 2.45) is 5.73 Å². The van der Waals surface area contributed by atoms with Gasteiger partial charge in [0.05, 0.1) is 18.8 Å². The van der Waals surface area contributed by atoms with Crippen LogP contribution >= 0.6 is 11.6 Å². The van der Waals surface area contributed by atoms with Gasteiger partial charge in [-0.3, -0.25) is 4.39 Å². The molecule has 1 aromatic rings. The molecule has 0 saturated heterocycles. The standard InChI is InChI=1S/C10H13ClFNO2/c1-15-9-5-6(8(13)2-3-12)4-7(11)10(9)14/h4-5,8,14H,2-3,13H2,1H3/t8-/m1/s1. The van der Waals surface area contributed by atoms with Crippen LogP contribution in [0.15, 0.2) is 12.1 Å². The summed E-state index contributed by atoms with van der Waals surface area (Å²) in [5, 5.41) is 9.61. The third-order valence-electron chi connectivity index (χ3n) is 2.12. The van der Waals surface area contributed by atoms with E-state index in [-0.39, 0.29) is 22.9 Å². The molecule has 0 fully saturated rings. The first kappa shape index (κ1) is 12.1. The number of halogens is 2. The molecule has 1 atom stereocenters. The molecule has 0 saturated carbocycles. The highest BCUT2D eigenvalue weighted by Crippen LogP contribution is 2.36. The molecule has 0 aliphatic rings. The molecule has 0 radical (unpaired) electrons. The summed E-state index contributed by atoms with van der Waals surface area (Å²) in [6.45, 7) is -0.498. The largest absolute Gasteiger partial charge is 0.503 e. The molecule has 3 nitrogen and oxygen atoms in total. The molecule has 0 bridgehead atoms. The van der Waals surface area contributed by atoms with Crippen LogP contribution < -0.4 is 10.5 Å². The third-order valence-corrected chi connectivity index (χ3v) is 2.41. The summed E-state index contributed by atoms with van der Waals surface area (Å²) in [7, 11) is 1.41. The zero-order chi connectivity index (χ0) is 11.4. The Labute approximate surface area is 92.6 Å². The van der Waals surface area contributed by atoms with Crippen LogP contribution in [0.25, 0.3) is 0 Å². The molecule has 0 aliphatic heterocycles. The van der Waals surface area contributed by atoms with Gasteiger partial charge in [-0.2, -0.15) is 0 Å². The second-order valence-corrected chi connectivity index (χ2v) is 3.54. The highest BCUT2D eigenvalue weighted by atomic mass is 35.5. The molecule has 0 aliphatic carbocycles. The van der Waals surface area contributed by atoms with Crippen molar-refractivity contribution in [3.8, 4) is 11.5 Å². The van der Waals surface area contributed by atoms with Crippen LogP contribution in [0.4, 0.5) is 4.39 Å². The average Bonchev–Trinajstić information content (AvgIpc) is 2.22. The van der Waals surface area contributed by atoms with E-state index in [1.54, 1.807) is 6.07 Å². The van der Waals surface area contributed by atoms with Crippen molar-refractivity contribution in [3.05, 3.63) is 22.7 Å². The number of rotatable bonds is 4. The van der Waals surface area contributed by atoms with Crippen LogP contribution in [0.1, 0.15) is 18.0 Å². The third kappa shape index (κ3) is 2.73. The zero-order valence-corrected chi connectivity index (χ0v) is 9.09. The lowest BCUT2D eigenvalue weighted by atomic mass is 10.0. The summed E-state index contributed by atoms with van der Waals surface area (Å²) in [4.78, 5) is 0. The van der Waals surface area contributed by atoms with Gasteiger partial charge in [0.2, 0.25) is 0 Å². The molecule has 0 spiro atoms. The van der Waals surface area contributed by atoms with Crippen LogP contribution in [0, 0.1) is 0 Å². The fraction of sp³-hybridized carbons (Fsp3) is 0.400. The van der Waals surface area contributed by atoms with Crippen molar-refractivity contribution >= 4 is 11.6 Å².